The number of methoxy groups -OCH3 is 1. The first-order chi connectivity index (χ1) is 9.17. The Morgan fingerprint density at radius 2 is 2.11 bits per heavy atom. The highest BCUT2D eigenvalue weighted by atomic mass is 32.1. The Hall–Kier alpha value is -1.04. The van der Waals surface area contributed by atoms with Crippen LogP contribution < -0.4 is 5.32 Å². The maximum absolute atomic E-state index is 12.0. The van der Waals surface area contributed by atoms with E-state index in [4.69, 9.17) is 9.84 Å². The SMILES string of the molecule is COCC(CCO)NC(=O)C(S)Cc1ccccc1. The van der Waals surface area contributed by atoms with Crippen molar-refractivity contribution in [3.8, 4) is 0 Å². The Balaban J connectivity index is 2.47. The second-order valence-corrected chi connectivity index (χ2v) is 5.00. The van der Waals surface area contributed by atoms with Gasteiger partial charge in [-0.15, -0.1) is 0 Å². The van der Waals surface area contributed by atoms with E-state index in [9.17, 15) is 4.79 Å². The molecule has 5 heteroatoms. The number of rotatable bonds is 8. The van der Waals surface area contributed by atoms with E-state index >= 15 is 0 Å². The summed E-state index contributed by atoms with van der Waals surface area (Å²) in [6, 6.07) is 9.58. The highest BCUT2D eigenvalue weighted by Gasteiger charge is 2.18. The lowest BCUT2D eigenvalue weighted by atomic mass is 10.1. The average Bonchev–Trinajstić information content (AvgIpc) is 2.40. The first kappa shape index (κ1) is 16.0. The van der Waals surface area contributed by atoms with Crippen LogP contribution in [-0.4, -0.2) is 42.6 Å². The van der Waals surface area contributed by atoms with Crippen molar-refractivity contribution in [2.45, 2.75) is 24.1 Å². The van der Waals surface area contributed by atoms with Gasteiger partial charge in [-0.2, -0.15) is 12.6 Å². The number of aliphatic hydroxyl groups excluding tert-OH is 1. The van der Waals surface area contributed by atoms with Crippen molar-refractivity contribution >= 4 is 18.5 Å². The van der Waals surface area contributed by atoms with Gasteiger partial charge in [-0.05, 0) is 18.4 Å². The number of nitrogens with one attached hydrogen (secondary N) is 1. The molecule has 1 amide bonds. The Morgan fingerprint density at radius 3 is 2.68 bits per heavy atom. The van der Waals surface area contributed by atoms with Crippen LogP contribution in [0.5, 0.6) is 0 Å². The van der Waals surface area contributed by atoms with Gasteiger partial charge in [0, 0.05) is 13.7 Å². The fraction of sp³-hybridized carbons (Fsp3) is 0.500. The van der Waals surface area contributed by atoms with Crippen LogP contribution in [0.2, 0.25) is 0 Å². The number of hydrogen-bond acceptors (Lipinski definition) is 4. The molecule has 0 aliphatic rings. The van der Waals surface area contributed by atoms with Gasteiger partial charge in [0.1, 0.15) is 0 Å². The van der Waals surface area contributed by atoms with E-state index in [2.05, 4.69) is 17.9 Å². The first-order valence-electron chi connectivity index (χ1n) is 6.29. The van der Waals surface area contributed by atoms with Crippen LogP contribution in [0.15, 0.2) is 30.3 Å². The second kappa shape index (κ2) is 8.96. The number of hydrogen-bond donors (Lipinski definition) is 3. The van der Waals surface area contributed by atoms with E-state index in [1.165, 1.54) is 0 Å². The standard InChI is InChI=1S/C14H21NO3S/c1-18-10-12(7-8-16)15-14(17)13(19)9-11-5-3-2-4-6-11/h2-6,12-13,16,19H,7-10H2,1H3,(H,15,17). The molecule has 2 N–H and O–H groups in total. The summed E-state index contributed by atoms with van der Waals surface area (Å²) in [5.74, 6) is -0.136. The summed E-state index contributed by atoms with van der Waals surface area (Å²) < 4.78 is 5.00. The van der Waals surface area contributed by atoms with Crippen LogP contribution in [0, 0.1) is 0 Å². The predicted octanol–water partition coefficient (Wildman–Crippen LogP) is 1.04. The van der Waals surface area contributed by atoms with E-state index in [-0.39, 0.29) is 18.6 Å². The maximum Gasteiger partial charge on any atom is 0.233 e. The molecular formula is C14H21NO3S. The summed E-state index contributed by atoms with van der Waals surface area (Å²) in [5.41, 5.74) is 1.07. The third-order valence-electron chi connectivity index (χ3n) is 2.77. The summed E-state index contributed by atoms with van der Waals surface area (Å²) in [7, 11) is 1.57. The number of carbonyl (C=O) groups is 1. The summed E-state index contributed by atoms with van der Waals surface area (Å²) in [5, 5.41) is 11.4. The van der Waals surface area contributed by atoms with Gasteiger partial charge < -0.3 is 15.2 Å². The highest BCUT2D eigenvalue weighted by Crippen LogP contribution is 2.08. The third-order valence-corrected chi connectivity index (χ3v) is 3.18. The molecule has 19 heavy (non-hydrogen) atoms. The summed E-state index contributed by atoms with van der Waals surface area (Å²) in [6.45, 7) is 0.405. The maximum atomic E-state index is 12.0. The zero-order valence-corrected chi connectivity index (χ0v) is 12.0. The van der Waals surface area contributed by atoms with Gasteiger partial charge in [0.05, 0.1) is 17.9 Å². The van der Waals surface area contributed by atoms with Crippen LogP contribution in [0.1, 0.15) is 12.0 Å². The molecule has 0 aliphatic carbocycles. The molecule has 0 aliphatic heterocycles. The monoisotopic (exact) mass is 283 g/mol. The molecule has 1 rings (SSSR count). The molecule has 2 atom stereocenters. The predicted molar refractivity (Wildman–Crippen MR) is 78.4 cm³/mol. The topological polar surface area (TPSA) is 58.6 Å². The van der Waals surface area contributed by atoms with E-state index in [1.807, 2.05) is 30.3 Å². The fourth-order valence-corrected chi connectivity index (χ4v) is 2.07. The van der Waals surface area contributed by atoms with Crippen molar-refractivity contribution in [3.63, 3.8) is 0 Å². The van der Waals surface area contributed by atoms with Crippen molar-refractivity contribution in [1.29, 1.82) is 0 Å². The fourth-order valence-electron chi connectivity index (χ4n) is 1.78. The highest BCUT2D eigenvalue weighted by molar-refractivity contribution is 7.81. The number of amides is 1. The van der Waals surface area contributed by atoms with E-state index < -0.39 is 5.25 Å². The van der Waals surface area contributed by atoms with Crippen molar-refractivity contribution < 1.29 is 14.6 Å². The molecule has 0 aromatic heterocycles. The Bertz CT molecular complexity index is 366. The molecule has 1 aromatic carbocycles. The number of thiol groups is 1. The van der Waals surface area contributed by atoms with Crippen LogP contribution in [-0.2, 0) is 16.0 Å². The summed E-state index contributed by atoms with van der Waals surface area (Å²) >= 11 is 4.33. The second-order valence-electron chi connectivity index (χ2n) is 4.38. The molecule has 0 bridgehead atoms. The Labute approximate surface area is 119 Å². The normalized spacial score (nSPS) is 13.8. The number of benzene rings is 1. The summed E-state index contributed by atoms with van der Waals surface area (Å²) in [4.78, 5) is 12.0. The van der Waals surface area contributed by atoms with Crippen LogP contribution in [0.25, 0.3) is 0 Å². The number of ether oxygens (including phenoxy) is 1. The third kappa shape index (κ3) is 6.09. The molecule has 2 unspecified atom stereocenters. The smallest absolute Gasteiger partial charge is 0.233 e. The van der Waals surface area contributed by atoms with Crippen molar-refractivity contribution in [2.24, 2.45) is 0 Å². The van der Waals surface area contributed by atoms with Crippen LogP contribution in [0.3, 0.4) is 0 Å². The first-order valence-corrected chi connectivity index (χ1v) is 6.81. The van der Waals surface area contributed by atoms with Gasteiger partial charge in [-0.3, -0.25) is 4.79 Å². The number of aliphatic hydroxyl groups is 1. The molecule has 0 saturated heterocycles. The van der Waals surface area contributed by atoms with Gasteiger partial charge in [0.15, 0.2) is 0 Å². The largest absolute Gasteiger partial charge is 0.396 e. The minimum absolute atomic E-state index is 0.0181. The molecule has 0 spiro atoms. The Kier molecular flexibility index (Phi) is 7.55. The van der Waals surface area contributed by atoms with Crippen molar-refractivity contribution in [1.82, 2.24) is 5.32 Å². The van der Waals surface area contributed by atoms with Gasteiger partial charge in [0.2, 0.25) is 5.91 Å². The minimum atomic E-state index is -0.402. The zero-order chi connectivity index (χ0) is 14.1. The van der Waals surface area contributed by atoms with Gasteiger partial charge in [-0.1, -0.05) is 30.3 Å². The van der Waals surface area contributed by atoms with Crippen LogP contribution >= 0.6 is 12.6 Å². The lowest BCUT2D eigenvalue weighted by Gasteiger charge is -2.19. The molecule has 1 aromatic rings. The van der Waals surface area contributed by atoms with Crippen LogP contribution in [0.4, 0.5) is 0 Å². The summed E-state index contributed by atoms with van der Waals surface area (Å²) in [6.07, 6.45) is 1.06. The molecule has 0 heterocycles. The van der Waals surface area contributed by atoms with E-state index in [0.717, 1.165) is 5.56 Å². The van der Waals surface area contributed by atoms with E-state index in [0.29, 0.717) is 19.4 Å². The van der Waals surface area contributed by atoms with Crippen molar-refractivity contribution in [3.05, 3.63) is 35.9 Å². The molecule has 0 radical (unpaired) electrons. The quantitative estimate of drug-likeness (QED) is 0.625. The molecule has 0 fully saturated rings. The number of carbonyl (C=O) groups excluding carboxylic acids is 1. The molecule has 4 nitrogen and oxygen atoms in total. The minimum Gasteiger partial charge on any atom is -0.396 e. The zero-order valence-electron chi connectivity index (χ0n) is 11.1. The molecule has 0 saturated carbocycles. The van der Waals surface area contributed by atoms with E-state index in [1.54, 1.807) is 7.11 Å². The van der Waals surface area contributed by atoms with Crippen molar-refractivity contribution in [2.75, 3.05) is 20.3 Å². The van der Waals surface area contributed by atoms with Gasteiger partial charge >= 0.3 is 0 Å². The van der Waals surface area contributed by atoms with Gasteiger partial charge in [-0.25, -0.2) is 0 Å². The average molecular weight is 283 g/mol. The lowest BCUT2D eigenvalue weighted by Crippen LogP contribution is -2.43. The van der Waals surface area contributed by atoms with Gasteiger partial charge in [0.25, 0.3) is 0 Å². The molecule has 106 valence electrons. The lowest BCUT2D eigenvalue weighted by molar-refractivity contribution is -0.121. The molecular weight excluding hydrogens is 262 g/mol. The Morgan fingerprint density at radius 1 is 1.42 bits per heavy atom.